The monoisotopic (exact) mass is 362 g/mol. The summed E-state index contributed by atoms with van der Waals surface area (Å²) >= 11 is 6.35. The van der Waals surface area contributed by atoms with E-state index in [9.17, 15) is 4.79 Å². The molecule has 1 aromatic heterocycles. The highest BCUT2D eigenvalue weighted by Gasteiger charge is 2.15. The minimum Gasteiger partial charge on any atom is -0.454 e. The Kier molecular flexibility index (Phi) is 4.99. The maximum atomic E-state index is 12.0. The summed E-state index contributed by atoms with van der Waals surface area (Å²) in [6.45, 7) is 6.92. The van der Waals surface area contributed by atoms with Crippen LogP contribution in [-0.4, -0.2) is 22.5 Å². The Balaban J connectivity index is 1.69. The van der Waals surface area contributed by atoms with Crippen molar-refractivity contribution in [3.8, 4) is 17.2 Å². The van der Waals surface area contributed by atoms with Crippen molar-refractivity contribution < 1.29 is 19.0 Å². The van der Waals surface area contributed by atoms with Crippen LogP contribution in [0.4, 0.5) is 0 Å². The van der Waals surface area contributed by atoms with Gasteiger partial charge in [0, 0.05) is 24.3 Å². The highest BCUT2D eigenvalue weighted by Crippen LogP contribution is 2.35. The van der Waals surface area contributed by atoms with Crippen molar-refractivity contribution >= 4 is 23.6 Å². The molecule has 0 saturated carbocycles. The lowest BCUT2D eigenvalue weighted by Crippen LogP contribution is -2.06. The summed E-state index contributed by atoms with van der Waals surface area (Å²) in [5.41, 5.74) is 1.47. The maximum Gasteiger partial charge on any atom is 0.336 e. The normalized spacial score (nSPS) is 13.0. The summed E-state index contributed by atoms with van der Waals surface area (Å²) in [5.74, 6) is 1.49. The average molecular weight is 363 g/mol. The van der Waals surface area contributed by atoms with Gasteiger partial charge in [0.2, 0.25) is 6.79 Å². The molecule has 6 nitrogen and oxygen atoms in total. The highest BCUT2D eigenvalue weighted by atomic mass is 35.5. The predicted molar refractivity (Wildman–Crippen MR) is 94.0 cm³/mol. The van der Waals surface area contributed by atoms with Crippen molar-refractivity contribution in [2.75, 3.05) is 6.79 Å². The molecule has 0 amide bonds. The molecule has 1 aliphatic heterocycles. The first-order chi connectivity index (χ1) is 11.9. The van der Waals surface area contributed by atoms with Crippen molar-refractivity contribution in [3.05, 3.63) is 40.7 Å². The number of ether oxygens (including phenoxy) is 3. The Morgan fingerprint density at radius 1 is 1.40 bits per heavy atom. The molecule has 1 aliphatic rings. The van der Waals surface area contributed by atoms with Gasteiger partial charge in [-0.2, -0.15) is 5.10 Å². The third-order valence-corrected chi connectivity index (χ3v) is 3.99. The number of fused-ring (bicyclic) bond motifs is 1. The molecule has 0 N–H and O–H groups in total. The Bertz CT molecular complexity index is 827. The molecule has 0 radical (unpaired) electrons. The summed E-state index contributed by atoms with van der Waals surface area (Å²) in [6, 6.07) is 4.97. The molecular formula is C18H19ClN2O4. The van der Waals surface area contributed by atoms with Crippen molar-refractivity contribution in [3.63, 3.8) is 0 Å². The van der Waals surface area contributed by atoms with Crippen LogP contribution in [0.25, 0.3) is 6.08 Å². The molecule has 0 unspecified atom stereocenters. The summed E-state index contributed by atoms with van der Waals surface area (Å²) in [5, 5.41) is 4.91. The van der Waals surface area contributed by atoms with E-state index < -0.39 is 5.97 Å². The van der Waals surface area contributed by atoms with Crippen molar-refractivity contribution in [2.24, 2.45) is 5.92 Å². The van der Waals surface area contributed by atoms with Gasteiger partial charge in [0.15, 0.2) is 11.5 Å². The zero-order valence-electron chi connectivity index (χ0n) is 14.3. The standard InChI is InChI=1S/C18H19ClN2O4/c1-11(2)9-21-18(19)14(12(3)20-21)5-7-17(22)25-13-4-6-15-16(8-13)24-10-23-15/h4-8,11H,9-10H2,1-3H3/b7-5+. The van der Waals surface area contributed by atoms with Gasteiger partial charge in [-0.3, -0.25) is 4.68 Å². The molecule has 25 heavy (non-hydrogen) atoms. The van der Waals surface area contributed by atoms with E-state index in [4.69, 9.17) is 25.8 Å². The van der Waals surface area contributed by atoms with Gasteiger partial charge in [-0.15, -0.1) is 0 Å². The van der Waals surface area contributed by atoms with Crippen LogP contribution in [0, 0.1) is 12.8 Å². The smallest absolute Gasteiger partial charge is 0.336 e. The predicted octanol–water partition coefficient (Wildman–Crippen LogP) is 3.85. The maximum absolute atomic E-state index is 12.0. The van der Waals surface area contributed by atoms with Gasteiger partial charge >= 0.3 is 5.97 Å². The molecule has 3 rings (SSSR count). The minimum absolute atomic E-state index is 0.171. The number of aromatic nitrogens is 2. The fraction of sp³-hybridized carbons (Fsp3) is 0.333. The fourth-order valence-corrected chi connectivity index (χ4v) is 2.77. The third kappa shape index (κ3) is 3.96. The number of esters is 1. The van der Waals surface area contributed by atoms with Gasteiger partial charge in [0.25, 0.3) is 0 Å². The Hall–Kier alpha value is -2.47. The second-order valence-electron chi connectivity index (χ2n) is 6.14. The third-order valence-electron chi connectivity index (χ3n) is 3.60. The highest BCUT2D eigenvalue weighted by molar-refractivity contribution is 6.31. The molecule has 0 bridgehead atoms. The Labute approximate surface area is 150 Å². The lowest BCUT2D eigenvalue weighted by atomic mass is 10.2. The van der Waals surface area contributed by atoms with Crippen LogP contribution in [0.2, 0.25) is 5.15 Å². The number of aryl methyl sites for hydroxylation is 1. The number of nitrogens with zero attached hydrogens (tertiary/aromatic N) is 2. The number of rotatable bonds is 5. The van der Waals surface area contributed by atoms with Crippen LogP contribution in [0.1, 0.15) is 25.1 Å². The van der Waals surface area contributed by atoms with Crippen LogP contribution in [-0.2, 0) is 11.3 Å². The van der Waals surface area contributed by atoms with Crippen molar-refractivity contribution in [1.82, 2.24) is 9.78 Å². The molecule has 132 valence electrons. The van der Waals surface area contributed by atoms with Gasteiger partial charge < -0.3 is 14.2 Å². The van der Waals surface area contributed by atoms with Crippen LogP contribution >= 0.6 is 11.6 Å². The van der Waals surface area contributed by atoms with E-state index in [1.54, 1.807) is 29.0 Å². The number of hydrogen-bond acceptors (Lipinski definition) is 5. The summed E-state index contributed by atoms with van der Waals surface area (Å²) in [7, 11) is 0. The number of carbonyl (C=O) groups excluding carboxylic acids is 1. The van der Waals surface area contributed by atoms with Gasteiger partial charge in [-0.25, -0.2) is 4.79 Å². The van der Waals surface area contributed by atoms with E-state index in [1.807, 2.05) is 6.92 Å². The van der Waals surface area contributed by atoms with Gasteiger partial charge in [0.05, 0.1) is 5.69 Å². The molecule has 7 heteroatoms. The molecule has 0 aliphatic carbocycles. The summed E-state index contributed by atoms with van der Waals surface area (Å²) < 4.78 is 17.5. The zero-order valence-corrected chi connectivity index (χ0v) is 15.0. The van der Waals surface area contributed by atoms with E-state index in [2.05, 4.69) is 18.9 Å². The molecule has 0 fully saturated rings. The fourth-order valence-electron chi connectivity index (χ4n) is 2.47. The lowest BCUT2D eigenvalue weighted by molar-refractivity contribution is -0.128. The van der Waals surface area contributed by atoms with Gasteiger partial charge in [-0.1, -0.05) is 25.4 Å². The lowest BCUT2D eigenvalue weighted by Gasteiger charge is -2.05. The van der Waals surface area contributed by atoms with Gasteiger partial charge in [-0.05, 0) is 31.1 Å². The zero-order chi connectivity index (χ0) is 18.0. The van der Waals surface area contributed by atoms with Crippen LogP contribution in [0.5, 0.6) is 17.2 Å². The van der Waals surface area contributed by atoms with Gasteiger partial charge in [0.1, 0.15) is 10.9 Å². The summed E-state index contributed by atoms with van der Waals surface area (Å²) in [4.78, 5) is 12.0. The van der Waals surface area contributed by atoms with E-state index in [-0.39, 0.29) is 6.79 Å². The molecule has 2 aromatic rings. The largest absolute Gasteiger partial charge is 0.454 e. The minimum atomic E-state index is -0.508. The van der Waals surface area contributed by atoms with E-state index in [0.29, 0.717) is 33.9 Å². The SMILES string of the molecule is Cc1nn(CC(C)C)c(Cl)c1/C=C/C(=O)Oc1ccc2c(c1)OCO2. The molecule has 1 aromatic carbocycles. The quantitative estimate of drug-likeness (QED) is 0.459. The van der Waals surface area contributed by atoms with Crippen molar-refractivity contribution in [1.29, 1.82) is 0 Å². The number of carbonyl (C=O) groups is 1. The van der Waals surface area contributed by atoms with E-state index >= 15 is 0 Å². The Morgan fingerprint density at radius 3 is 2.92 bits per heavy atom. The summed E-state index contributed by atoms with van der Waals surface area (Å²) in [6.07, 6.45) is 2.96. The van der Waals surface area contributed by atoms with Crippen LogP contribution in [0.3, 0.4) is 0 Å². The molecular weight excluding hydrogens is 344 g/mol. The first-order valence-electron chi connectivity index (χ1n) is 7.96. The first kappa shape index (κ1) is 17.4. The average Bonchev–Trinajstić information content (AvgIpc) is 3.10. The van der Waals surface area contributed by atoms with E-state index in [1.165, 1.54) is 6.08 Å². The van der Waals surface area contributed by atoms with E-state index in [0.717, 1.165) is 12.2 Å². The van der Waals surface area contributed by atoms with Crippen LogP contribution < -0.4 is 14.2 Å². The number of benzene rings is 1. The van der Waals surface area contributed by atoms with Crippen molar-refractivity contribution in [2.45, 2.75) is 27.3 Å². The second kappa shape index (κ2) is 7.19. The molecule has 0 saturated heterocycles. The first-order valence-corrected chi connectivity index (χ1v) is 8.34. The Morgan fingerprint density at radius 2 is 2.16 bits per heavy atom. The van der Waals surface area contributed by atoms with Crippen LogP contribution in [0.15, 0.2) is 24.3 Å². The number of halogens is 1. The number of hydrogen-bond donors (Lipinski definition) is 0. The topological polar surface area (TPSA) is 62.6 Å². The second-order valence-corrected chi connectivity index (χ2v) is 6.49. The molecule has 0 spiro atoms. The molecule has 0 atom stereocenters. The molecule has 2 heterocycles.